The number of aromatic nitrogens is 2. The highest BCUT2D eigenvalue weighted by molar-refractivity contribution is 5.95. The second-order valence-corrected chi connectivity index (χ2v) is 5.06. The van der Waals surface area contributed by atoms with Gasteiger partial charge >= 0.3 is 0 Å². The number of carbonyl (C=O) groups excluding carboxylic acids is 1. The van der Waals surface area contributed by atoms with Crippen LogP contribution in [0.25, 0.3) is 0 Å². The molecule has 1 aliphatic rings. The van der Waals surface area contributed by atoms with Crippen LogP contribution in [-0.4, -0.2) is 40.4 Å². The van der Waals surface area contributed by atoms with E-state index >= 15 is 0 Å². The van der Waals surface area contributed by atoms with Gasteiger partial charge in [-0.1, -0.05) is 6.07 Å². The number of nitrogens with zero attached hydrogens (tertiary/aromatic N) is 2. The molecule has 0 bridgehead atoms. The second kappa shape index (κ2) is 6.74. The molecule has 0 saturated carbocycles. The molecule has 3 rings (SSSR count). The summed E-state index contributed by atoms with van der Waals surface area (Å²) in [7, 11) is 0. The summed E-state index contributed by atoms with van der Waals surface area (Å²) in [6, 6.07) is 3.97. The smallest absolute Gasteiger partial charge is 0.256 e. The molecule has 0 spiro atoms. The number of carbonyl (C=O) groups is 1. The number of aryl methyl sites for hydroxylation is 1. The van der Waals surface area contributed by atoms with Gasteiger partial charge in [-0.2, -0.15) is 0 Å². The van der Waals surface area contributed by atoms with E-state index < -0.39 is 0 Å². The first-order valence-corrected chi connectivity index (χ1v) is 6.82. The molecule has 112 valence electrons. The Balaban J connectivity index is 0.00000161. The summed E-state index contributed by atoms with van der Waals surface area (Å²) in [5.74, 6) is 0.0825. The summed E-state index contributed by atoms with van der Waals surface area (Å²) < 4.78 is 0. The van der Waals surface area contributed by atoms with Gasteiger partial charge in [-0.15, -0.1) is 12.4 Å². The highest BCUT2D eigenvalue weighted by Crippen LogP contribution is 2.24. The fourth-order valence-electron chi connectivity index (χ4n) is 2.64. The lowest BCUT2D eigenvalue weighted by Gasteiger charge is -2.36. The topological polar surface area (TPSA) is 61.0 Å². The molecule has 1 aliphatic heterocycles. The van der Waals surface area contributed by atoms with Crippen molar-refractivity contribution in [2.75, 3.05) is 19.6 Å². The maximum Gasteiger partial charge on any atom is 0.256 e. The quantitative estimate of drug-likeness (QED) is 0.891. The number of hydrogen-bond acceptors (Lipinski definition) is 3. The molecule has 1 unspecified atom stereocenters. The van der Waals surface area contributed by atoms with Crippen LogP contribution in [0.2, 0.25) is 0 Å². The Bertz CT molecular complexity index is 599. The normalized spacial score (nSPS) is 18.1. The van der Waals surface area contributed by atoms with Gasteiger partial charge in [0.15, 0.2) is 0 Å². The highest BCUT2D eigenvalue weighted by Gasteiger charge is 2.29. The lowest BCUT2D eigenvalue weighted by atomic mass is 10.0. The third-order valence-corrected chi connectivity index (χ3v) is 3.76. The predicted molar refractivity (Wildman–Crippen MR) is 83.7 cm³/mol. The van der Waals surface area contributed by atoms with Gasteiger partial charge in [0, 0.05) is 44.4 Å². The Morgan fingerprint density at radius 1 is 1.43 bits per heavy atom. The van der Waals surface area contributed by atoms with Crippen molar-refractivity contribution in [2.24, 2.45) is 0 Å². The molecule has 0 radical (unpaired) electrons. The standard InChI is InChI=1S/C15H18N4O.ClH/c1-11-7-18-9-13(11)15(20)19-6-5-17-10-14(19)12-3-2-4-16-8-12;/h2-4,7-9,14,17-18H,5-6,10H2,1H3;1H. The van der Waals surface area contributed by atoms with E-state index in [2.05, 4.69) is 15.3 Å². The Kier molecular flexibility index (Phi) is 4.98. The number of hydrogen-bond donors (Lipinski definition) is 2. The van der Waals surface area contributed by atoms with Crippen molar-refractivity contribution in [3.63, 3.8) is 0 Å². The number of nitrogens with one attached hydrogen (secondary N) is 2. The molecule has 2 N–H and O–H groups in total. The first kappa shape index (κ1) is 15.5. The van der Waals surface area contributed by atoms with Crippen LogP contribution in [0.15, 0.2) is 36.9 Å². The average Bonchev–Trinajstić information content (AvgIpc) is 2.93. The first-order chi connectivity index (χ1) is 9.77. The van der Waals surface area contributed by atoms with Crippen LogP contribution in [0.1, 0.15) is 27.5 Å². The van der Waals surface area contributed by atoms with E-state index in [1.54, 1.807) is 12.4 Å². The van der Waals surface area contributed by atoms with E-state index in [-0.39, 0.29) is 24.4 Å². The van der Waals surface area contributed by atoms with E-state index in [0.29, 0.717) is 6.54 Å². The molecule has 3 heterocycles. The molecule has 6 heteroatoms. The zero-order valence-electron chi connectivity index (χ0n) is 11.9. The largest absolute Gasteiger partial charge is 0.367 e. The van der Waals surface area contributed by atoms with Crippen LogP contribution in [0.4, 0.5) is 0 Å². The summed E-state index contributed by atoms with van der Waals surface area (Å²) in [6.07, 6.45) is 7.22. The summed E-state index contributed by atoms with van der Waals surface area (Å²) in [5, 5.41) is 3.35. The molecular formula is C15H19ClN4O. The fraction of sp³-hybridized carbons (Fsp3) is 0.333. The molecule has 2 aromatic heterocycles. The molecule has 1 atom stereocenters. The van der Waals surface area contributed by atoms with Gasteiger partial charge in [0.1, 0.15) is 0 Å². The van der Waals surface area contributed by atoms with Crippen LogP contribution in [0.3, 0.4) is 0 Å². The minimum absolute atomic E-state index is 0. The maximum atomic E-state index is 12.7. The van der Waals surface area contributed by atoms with Crippen molar-refractivity contribution < 1.29 is 4.79 Å². The Morgan fingerprint density at radius 2 is 2.29 bits per heavy atom. The molecule has 0 aromatic carbocycles. The first-order valence-electron chi connectivity index (χ1n) is 6.82. The van der Waals surface area contributed by atoms with E-state index in [4.69, 9.17) is 0 Å². The van der Waals surface area contributed by atoms with E-state index in [1.165, 1.54) is 0 Å². The number of rotatable bonds is 2. The minimum atomic E-state index is 0. The van der Waals surface area contributed by atoms with Gasteiger partial charge in [-0.25, -0.2) is 0 Å². The monoisotopic (exact) mass is 306 g/mol. The van der Waals surface area contributed by atoms with Gasteiger partial charge in [0.2, 0.25) is 0 Å². The molecule has 2 aromatic rings. The van der Waals surface area contributed by atoms with Crippen LogP contribution in [0.5, 0.6) is 0 Å². The van der Waals surface area contributed by atoms with Gasteiger partial charge in [0.25, 0.3) is 5.91 Å². The Hall–Kier alpha value is -1.85. The zero-order valence-corrected chi connectivity index (χ0v) is 12.7. The Morgan fingerprint density at radius 3 is 2.95 bits per heavy atom. The van der Waals surface area contributed by atoms with Crippen molar-refractivity contribution in [3.05, 3.63) is 53.6 Å². The zero-order chi connectivity index (χ0) is 13.9. The number of pyridine rings is 1. The van der Waals surface area contributed by atoms with Crippen LogP contribution < -0.4 is 5.32 Å². The highest BCUT2D eigenvalue weighted by atomic mass is 35.5. The maximum absolute atomic E-state index is 12.7. The van der Waals surface area contributed by atoms with Crippen molar-refractivity contribution in [3.8, 4) is 0 Å². The summed E-state index contributed by atoms with van der Waals surface area (Å²) >= 11 is 0. The molecule has 5 nitrogen and oxygen atoms in total. The lowest BCUT2D eigenvalue weighted by molar-refractivity contribution is 0.0633. The summed E-state index contributed by atoms with van der Waals surface area (Å²) in [4.78, 5) is 21.8. The van der Waals surface area contributed by atoms with Gasteiger partial charge in [-0.3, -0.25) is 9.78 Å². The number of H-pyrrole nitrogens is 1. The second-order valence-electron chi connectivity index (χ2n) is 5.06. The molecular weight excluding hydrogens is 288 g/mol. The molecule has 21 heavy (non-hydrogen) atoms. The van der Waals surface area contributed by atoms with Gasteiger partial charge < -0.3 is 15.2 Å². The molecule has 1 amide bonds. The number of amides is 1. The number of piperazine rings is 1. The number of halogens is 1. The Labute approximate surface area is 130 Å². The van der Waals surface area contributed by atoms with Crippen molar-refractivity contribution in [1.82, 2.24) is 20.2 Å². The van der Waals surface area contributed by atoms with Gasteiger partial charge in [-0.05, 0) is 24.1 Å². The average molecular weight is 307 g/mol. The molecule has 1 fully saturated rings. The summed E-state index contributed by atoms with van der Waals surface area (Å²) in [5.41, 5.74) is 2.81. The summed E-state index contributed by atoms with van der Waals surface area (Å²) in [6.45, 7) is 4.25. The van der Waals surface area contributed by atoms with Crippen LogP contribution >= 0.6 is 12.4 Å². The molecule has 1 saturated heterocycles. The van der Waals surface area contributed by atoms with Crippen LogP contribution in [0, 0.1) is 6.92 Å². The fourth-order valence-corrected chi connectivity index (χ4v) is 2.64. The van der Waals surface area contributed by atoms with Crippen LogP contribution in [-0.2, 0) is 0 Å². The van der Waals surface area contributed by atoms with Gasteiger partial charge in [0.05, 0.1) is 11.6 Å². The van der Waals surface area contributed by atoms with Crippen molar-refractivity contribution in [2.45, 2.75) is 13.0 Å². The molecule has 0 aliphatic carbocycles. The van der Waals surface area contributed by atoms with E-state index in [1.807, 2.05) is 36.4 Å². The number of aromatic amines is 1. The third-order valence-electron chi connectivity index (χ3n) is 3.76. The van der Waals surface area contributed by atoms with Crippen molar-refractivity contribution >= 4 is 18.3 Å². The van der Waals surface area contributed by atoms with E-state index in [0.717, 1.165) is 29.8 Å². The van der Waals surface area contributed by atoms with Crippen molar-refractivity contribution in [1.29, 1.82) is 0 Å². The predicted octanol–water partition coefficient (Wildman–Crippen LogP) is 1.93. The van der Waals surface area contributed by atoms with E-state index in [9.17, 15) is 4.79 Å². The third kappa shape index (κ3) is 3.09. The minimum Gasteiger partial charge on any atom is -0.367 e. The lowest BCUT2D eigenvalue weighted by Crippen LogP contribution is -2.48. The SMILES string of the molecule is Cc1c[nH]cc1C(=O)N1CCNCC1c1cccnc1.Cl.